The number of rotatable bonds is 9. The molecule has 0 aliphatic carbocycles. The van der Waals surface area contributed by atoms with Crippen molar-refractivity contribution in [2.45, 2.75) is 27.0 Å². The number of likely N-dealkylation sites (N-methyl/N-ethyl adjacent to an activating group) is 1. The van der Waals surface area contributed by atoms with Crippen LogP contribution < -0.4 is 9.47 Å². The van der Waals surface area contributed by atoms with Crippen LogP contribution in [0.1, 0.15) is 28.7 Å². The number of benzene rings is 1. The number of methoxy groups -OCH3 is 1. The lowest BCUT2D eigenvalue weighted by Gasteiger charge is -2.19. The van der Waals surface area contributed by atoms with E-state index in [9.17, 15) is 4.79 Å². The lowest BCUT2D eigenvalue weighted by atomic mass is 10.2. The third-order valence-corrected chi connectivity index (χ3v) is 4.29. The summed E-state index contributed by atoms with van der Waals surface area (Å²) in [5.74, 6) is 1.53. The van der Waals surface area contributed by atoms with Gasteiger partial charge in [0.2, 0.25) is 0 Å². The molecule has 3 rings (SSSR count). The van der Waals surface area contributed by atoms with Crippen LogP contribution in [-0.2, 0) is 13.2 Å². The van der Waals surface area contributed by atoms with Crippen molar-refractivity contribution in [3.8, 4) is 11.5 Å². The molecule has 0 N–H and O–H groups in total. The van der Waals surface area contributed by atoms with E-state index < -0.39 is 0 Å². The third-order valence-electron chi connectivity index (χ3n) is 4.29. The number of aryl methyl sites for hydroxylation is 1. The molecule has 8 heteroatoms. The maximum Gasteiger partial charge on any atom is 0.276 e. The average Bonchev–Trinajstić information content (AvgIpc) is 3.39. The summed E-state index contributed by atoms with van der Waals surface area (Å²) in [5, 5.41) is 8.05. The fourth-order valence-electron chi connectivity index (χ4n) is 2.75. The summed E-state index contributed by atoms with van der Waals surface area (Å²) in [6, 6.07) is 9.13. The van der Waals surface area contributed by atoms with Gasteiger partial charge < -0.3 is 18.9 Å². The zero-order valence-electron chi connectivity index (χ0n) is 16.3. The molecule has 0 spiro atoms. The maximum absolute atomic E-state index is 12.7. The van der Waals surface area contributed by atoms with E-state index in [-0.39, 0.29) is 18.2 Å². The van der Waals surface area contributed by atoms with Gasteiger partial charge in [-0.25, -0.2) is 0 Å². The van der Waals surface area contributed by atoms with Crippen LogP contribution in [0.3, 0.4) is 0 Å². The van der Waals surface area contributed by atoms with Gasteiger partial charge in [0, 0.05) is 31.5 Å². The molecule has 0 bridgehead atoms. The predicted molar refractivity (Wildman–Crippen MR) is 102 cm³/mol. The van der Waals surface area contributed by atoms with Gasteiger partial charge in [0.15, 0.2) is 23.0 Å². The highest BCUT2D eigenvalue weighted by Crippen LogP contribution is 2.28. The van der Waals surface area contributed by atoms with Crippen molar-refractivity contribution in [2.24, 2.45) is 0 Å². The Morgan fingerprint density at radius 3 is 2.86 bits per heavy atom. The first kappa shape index (κ1) is 19.5. The molecule has 2 aromatic heterocycles. The number of hydrogen-bond donors (Lipinski definition) is 0. The largest absolute Gasteiger partial charge is 0.493 e. The molecule has 2 heterocycles. The Labute approximate surface area is 163 Å². The SMILES string of the molecule is CCN(CCn1cccn1)C(=O)c1cc(COc2ccc(C)cc2OC)on1. The lowest BCUT2D eigenvalue weighted by Crippen LogP contribution is -2.34. The van der Waals surface area contributed by atoms with Crippen LogP contribution in [0.2, 0.25) is 0 Å². The molecule has 0 radical (unpaired) electrons. The van der Waals surface area contributed by atoms with Gasteiger partial charge in [0.1, 0.15) is 6.61 Å². The molecular formula is C20H24N4O4. The van der Waals surface area contributed by atoms with Gasteiger partial charge in [-0.1, -0.05) is 11.2 Å². The van der Waals surface area contributed by atoms with E-state index >= 15 is 0 Å². The quantitative estimate of drug-likeness (QED) is 0.564. The Kier molecular flexibility index (Phi) is 6.31. The molecule has 0 aliphatic heterocycles. The number of hydrogen-bond acceptors (Lipinski definition) is 6. The molecule has 28 heavy (non-hydrogen) atoms. The maximum atomic E-state index is 12.7. The predicted octanol–water partition coefficient (Wildman–Crippen LogP) is 2.93. The smallest absolute Gasteiger partial charge is 0.276 e. The topological polar surface area (TPSA) is 82.6 Å². The Morgan fingerprint density at radius 2 is 2.14 bits per heavy atom. The first-order chi connectivity index (χ1) is 13.6. The monoisotopic (exact) mass is 384 g/mol. The van der Waals surface area contributed by atoms with Gasteiger partial charge in [-0.05, 0) is 37.6 Å². The third kappa shape index (κ3) is 4.70. The van der Waals surface area contributed by atoms with Crippen LogP contribution in [0, 0.1) is 6.92 Å². The van der Waals surface area contributed by atoms with E-state index in [2.05, 4.69) is 10.3 Å². The van der Waals surface area contributed by atoms with Crippen LogP contribution in [0.5, 0.6) is 11.5 Å². The van der Waals surface area contributed by atoms with Gasteiger partial charge in [0.25, 0.3) is 5.91 Å². The molecule has 1 amide bonds. The van der Waals surface area contributed by atoms with E-state index in [0.717, 1.165) is 5.56 Å². The van der Waals surface area contributed by atoms with Gasteiger partial charge in [0.05, 0.1) is 13.7 Å². The number of carbonyl (C=O) groups excluding carboxylic acids is 1. The Bertz CT molecular complexity index is 905. The summed E-state index contributed by atoms with van der Waals surface area (Å²) in [6.07, 6.45) is 3.58. The standard InChI is InChI=1S/C20H24N4O4/c1-4-23(10-11-24-9-5-8-21-24)20(25)17-13-16(28-22-17)14-27-18-7-6-15(2)12-19(18)26-3/h5-9,12-13H,4,10-11,14H2,1-3H3. The number of nitrogens with zero attached hydrogens (tertiary/aromatic N) is 4. The van der Waals surface area contributed by atoms with Crippen LogP contribution in [0.4, 0.5) is 0 Å². The summed E-state index contributed by atoms with van der Waals surface area (Å²) in [4.78, 5) is 14.4. The average molecular weight is 384 g/mol. The van der Waals surface area contributed by atoms with Crippen LogP contribution >= 0.6 is 0 Å². The minimum Gasteiger partial charge on any atom is -0.493 e. The fourth-order valence-corrected chi connectivity index (χ4v) is 2.75. The highest BCUT2D eigenvalue weighted by atomic mass is 16.5. The zero-order chi connectivity index (χ0) is 19.9. The molecule has 0 aliphatic rings. The molecule has 0 fully saturated rings. The minimum absolute atomic E-state index is 0.152. The van der Waals surface area contributed by atoms with Crippen LogP contribution in [-0.4, -0.2) is 45.9 Å². The molecule has 0 atom stereocenters. The fraction of sp³-hybridized carbons (Fsp3) is 0.350. The van der Waals surface area contributed by atoms with E-state index in [1.165, 1.54) is 0 Å². The van der Waals surface area contributed by atoms with Crippen molar-refractivity contribution >= 4 is 5.91 Å². The van der Waals surface area contributed by atoms with Crippen LogP contribution in [0.25, 0.3) is 0 Å². The molecule has 3 aromatic rings. The highest BCUT2D eigenvalue weighted by Gasteiger charge is 2.19. The van der Waals surface area contributed by atoms with Gasteiger partial charge in [-0.3, -0.25) is 9.48 Å². The lowest BCUT2D eigenvalue weighted by molar-refractivity contribution is 0.0746. The number of aromatic nitrogens is 3. The van der Waals surface area contributed by atoms with E-state index in [1.54, 1.807) is 29.0 Å². The van der Waals surface area contributed by atoms with Gasteiger partial charge in [-0.2, -0.15) is 5.10 Å². The first-order valence-corrected chi connectivity index (χ1v) is 9.10. The number of carbonyl (C=O) groups is 1. The van der Waals surface area contributed by atoms with E-state index in [1.807, 2.05) is 44.3 Å². The summed E-state index contributed by atoms with van der Waals surface area (Å²) < 4.78 is 18.1. The molecule has 0 unspecified atom stereocenters. The molecule has 1 aromatic carbocycles. The molecule has 0 saturated carbocycles. The van der Waals surface area contributed by atoms with Crippen molar-refractivity contribution in [2.75, 3.05) is 20.2 Å². The molecular weight excluding hydrogens is 360 g/mol. The second-order valence-corrected chi connectivity index (χ2v) is 6.28. The second kappa shape index (κ2) is 9.07. The summed E-state index contributed by atoms with van der Waals surface area (Å²) in [7, 11) is 1.59. The second-order valence-electron chi connectivity index (χ2n) is 6.28. The molecule has 148 valence electrons. The minimum atomic E-state index is -0.183. The first-order valence-electron chi connectivity index (χ1n) is 9.10. The highest BCUT2D eigenvalue weighted by molar-refractivity contribution is 5.92. The van der Waals surface area contributed by atoms with Crippen LogP contribution in [0.15, 0.2) is 47.2 Å². The van der Waals surface area contributed by atoms with E-state index in [4.69, 9.17) is 14.0 Å². The van der Waals surface area contributed by atoms with Crippen molar-refractivity contribution in [1.82, 2.24) is 19.8 Å². The van der Waals surface area contributed by atoms with Crippen molar-refractivity contribution in [1.29, 1.82) is 0 Å². The zero-order valence-corrected chi connectivity index (χ0v) is 16.3. The van der Waals surface area contributed by atoms with Crippen molar-refractivity contribution < 1.29 is 18.8 Å². The van der Waals surface area contributed by atoms with Gasteiger partial charge >= 0.3 is 0 Å². The van der Waals surface area contributed by atoms with Gasteiger partial charge in [-0.15, -0.1) is 0 Å². The van der Waals surface area contributed by atoms with Crippen molar-refractivity contribution in [3.63, 3.8) is 0 Å². The molecule has 8 nitrogen and oxygen atoms in total. The Morgan fingerprint density at radius 1 is 1.29 bits per heavy atom. The summed E-state index contributed by atoms with van der Waals surface area (Å²) in [5.41, 5.74) is 1.34. The summed E-state index contributed by atoms with van der Waals surface area (Å²) in [6.45, 7) is 5.78. The van der Waals surface area contributed by atoms with E-state index in [0.29, 0.717) is 36.9 Å². The Balaban J connectivity index is 1.60. The number of ether oxygens (including phenoxy) is 2. The number of amides is 1. The molecule has 0 saturated heterocycles. The van der Waals surface area contributed by atoms with Crippen molar-refractivity contribution in [3.05, 3.63) is 59.7 Å². The Hall–Kier alpha value is -3.29. The summed E-state index contributed by atoms with van der Waals surface area (Å²) >= 11 is 0. The normalized spacial score (nSPS) is 10.7.